The van der Waals surface area contributed by atoms with Crippen LogP contribution in [-0.2, 0) is 4.57 Å². The summed E-state index contributed by atoms with van der Waals surface area (Å²) >= 11 is 0. The van der Waals surface area contributed by atoms with E-state index in [1.807, 2.05) is 21.1 Å². The lowest BCUT2D eigenvalue weighted by Gasteiger charge is -2.35. The summed E-state index contributed by atoms with van der Waals surface area (Å²) in [5.41, 5.74) is 0. The van der Waals surface area contributed by atoms with Gasteiger partial charge in [-0.25, -0.2) is 0 Å². The van der Waals surface area contributed by atoms with Crippen LogP contribution in [-0.4, -0.2) is 52.4 Å². The van der Waals surface area contributed by atoms with Crippen molar-refractivity contribution < 1.29 is 23.9 Å². The molecule has 0 aliphatic carbocycles. The zero-order valence-electron chi connectivity index (χ0n) is 23.6. The smallest absolute Gasteiger partial charge is 0.362 e. The van der Waals surface area contributed by atoms with Gasteiger partial charge in [0.25, 0.3) is 0 Å². The van der Waals surface area contributed by atoms with Crippen LogP contribution in [0.5, 0.6) is 0 Å². The molecule has 6 heteroatoms. The Labute approximate surface area is 217 Å². The van der Waals surface area contributed by atoms with Crippen molar-refractivity contribution in [3.63, 3.8) is 0 Å². The molecule has 0 rings (SSSR count). The highest BCUT2D eigenvalue weighted by Crippen LogP contribution is 2.52. The van der Waals surface area contributed by atoms with Crippen molar-refractivity contribution in [1.29, 1.82) is 0 Å². The molecule has 0 saturated heterocycles. The van der Waals surface area contributed by atoms with Crippen molar-refractivity contribution in [2.75, 3.05) is 27.7 Å². The van der Waals surface area contributed by atoms with Gasteiger partial charge in [-0.1, -0.05) is 95.4 Å². The second kappa shape index (κ2) is 20.6. The highest BCUT2D eigenvalue weighted by Gasteiger charge is 2.48. The summed E-state index contributed by atoms with van der Waals surface area (Å²) in [6.07, 6.45) is 31.4. The highest BCUT2D eigenvalue weighted by molar-refractivity contribution is 7.53. The molecule has 0 heterocycles. The first-order valence-corrected chi connectivity index (χ1v) is 16.0. The maximum absolute atomic E-state index is 11.8. The Bertz CT molecular complexity index is 594. The maximum Gasteiger partial charge on any atom is 0.362 e. The molecule has 0 amide bonds. The van der Waals surface area contributed by atoms with Crippen LogP contribution in [0.25, 0.3) is 0 Å². The third-order valence-corrected chi connectivity index (χ3v) is 7.97. The van der Waals surface area contributed by atoms with Crippen LogP contribution in [0.4, 0.5) is 0 Å². The van der Waals surface area contributed by atoms with E-state index in [0.29, 0.717) is 10.9 Å². The van der Waals surface area contributed by atoms with Gasteiger partial charge in [0.1, 0.15) is 6.54 Å². The van der Waals surface area contributed by atoms with E-state index in [9.17, 15) is 19.5 Å². The molecule has 0 aromatic carbocycles. The van der Waals surface area contributed by atoms with Gasteiger partial charge in [-0.3, -0.25) is 4.57 Å². The van der Waals surface area contributed by atoms with E-state index in [2.05, 4.69) is 31.2 Å². The lowest BCUT2D eigenvalue weighted by atomic mass is 10.1. The molecule has 0 aliphatic heterocycles. The number of hydrogen-bond acceptors (Lipinski definition) is 2. The molecule has 1 unspecified atom stereocenters. The summed E-state index contributed by atoms with van der Waals surface area (Å²) in [6.45, 7) is 2.31. The molecule has 0 aromatic rings. The fraction of sp³-hybridized carbons (Fsp3) is 0.862. The maximum atomic E-state index is 11.8. The van der Waals surface area contributed by atoms with Crippen molar-refractivity contribution in [3.05, 3.63) is 24.3 Å². The Balaban J connectivity index is 3.61. The molecule has 0 spiro atoms. The molecule has 0 fully saturated rings. The number of likely N-dealkylation sites (N-methyl/N-ethyl adjacent to an activating group) is 1. The second-order valence-corrected chi connectivity index (χ2v) is 13.3. The minimum absolute atomic E-state index is 0.0377. The van der Waals surface area contributed by atoms with Gasteiger partial charge in [0.15, 0.2) is 0 Å². The van der Waals surface area contributed by atoms with Gasteiger partial charge in [0.2, 0.25) is 5.34 Å². The lowest BCUT2D eigenvalue weighted by Crippen LogP contribution is -2.49. The number of allylic oxidation sites excluding steroid dienone is 4. The average molecular weight is 517 g/mol. The second-order valence-electron chi connectivity index (χ2n) is 11.4. The summed E-state index contributed by atoms with van der Waals surface area (Å²) in [5, 5.41) is 8.60. The molecule has 35 heavy (non-hydrogen) atoms. The number of hydrogen-bond donors (Lipinski definition) is 3. The van der Waals surface area contributed by atoms with E-state index in [0.717, 1.165) is 12.8 Å². The Morgan fingerprint density at radius 2 is 0.971 bits per heavy atom. The molecule has 1 atom stereocenters. The zero-order valence-corrected chi connectivity index (χ0v) is 24.5. The van der Waals surface area contributed by atoms with Crippen LogP contribution in [0.1, 0.15) is 129 Å². The molecule has 0 radical (unpaired) electrons. The number of quaternary nitrogens is 1. The van der Waals surface area contributed by atoms with Crippen LogP contribution in [0.3, 0.4) is 0 Å². The Morgan fingerprint density at radius 3 is 1.31 bits per heavy atom. The van der Waals surface area contributed by atoms with Crippen LogP contribution < -0.4 is 0 Å². The van der Waals surface area contributed by atoms with Gasteiger partial charge in [-0.05, 0) is 57.8 Å². The van der Waals surface area contributed by atoms with Crippen LogP contribution in [0.2, 0.25) is 0 Å². The molecular formula is C29H59NO4P+. The Hall–Kier alpha value is -0.450. The van der Waals surface area contributed by atoms with Crippen LogP contribution in [0, 0.1) is 0 Å². The molecule has 5 nitrogen and oxygen atoms in total. The number of unbranched alkanes of at least 4 members (excludes halogenated alkanes) is 15. The minimum Gasteiger partial charge on any atom is -0.373 e. The normalized spacial score (nSPS) is 14.8. The predicted molar refractivity (Wildman–Crippen MR) is 152 cm³/mol. The first-order chi connectivity index (χ1) is 16.5. The van der Waals surface area contributed by atoms with Gasteiger partial charge >= 0.3 is 7.60 Å². The number of aliphatic hydroxyl groups is 1. The van der Waals surface area contributed by atoms with E-state index in [1.54, 1.807) is 0 Å². The minimum atomic E-state index is -4.57. The van der Waals surface area contributed by atoms with Crippen LogP contribution >= 0.6 is 7.60 Å². The van der Waals surface area contributed by atoms with Crippen molar-refractivity contribution in [1.82, 2.24) is 0 Å². The first kappa shape index (κ1) is 34.6. The number of rotatable bonds is 24. The SMILES string of the molecule is CCCCCCCCCC/C=C\CCCCCCC/C=C\CCCC(O)(C[N+](C)(C)C)P(=O)(O)O. The summed E-state index contributed by atoms with van der Waals surface area (Å²) < 4.78 is 12.1. The van der Waals surface area contributed by atoms with Gasteiger partial charge in [0.05, 0.1) is 21.1 Å². The quantitative estimate of drug-likeness (QED) is 0.0524. The van der Waals surface area contributed by atoms with E-state index in [4.69, 9.17) is 0 Å². The van der Waals surface area contributed by atoms with E-state index >= 15 is 0 Å². The monoisotopic (exact) mass is 516 g/mol. The van der Waals surface area contributed by atoms with Gasteiger partial charge in [-0.2, -0.15) is 0 Å². The molecule has 0 aliphatic rings. The first-order valence-electron chi connectivity index (χ1n) is 14.4. The lowest BCUT2D eigenvalue weighted by molar-refractivity contribution is -0.875. The summed E-state index contributed by atoms with van der Waals surface area (Å²) in [7, 11) is 0.918. The van der Waals surface area contributed by atoms with Gasteiger partial charge in [0, 0.05) is 0 Å². The molecular weight excluding hydrogens is 457 g/mol. The summed E-state index contributed by atoms with van der Waals surface area (Å²) in [4.78, 5) is 19.2. The van der Waals surface area contributed by atoms with E-state index < -0.39 is 12.9 Å². The topological polar surface area (TPSA) is 77.8 Å². The van der Waals surface area contributed by atoms with Crippen molar-refractivity contribution in [2.24, 2.45) is 0 Å². The molecule has 3 N–H and O–H groups in total. The summed E-state index contributed by atoms with van der Waals surface area (Å²) in [6, 6.07) is 0. The van der Waals surface area contributed by atoms with Crippen molar-refractivity contribution in [2.45, 2.75) is 134 Å². The zero-order chi connectivity index (χ0) is 26.5. The van der Waals surface area contributed by atoms with Crippen molar-refractivity contribution >= 4 is 7.60 Å². The van der Waals surface area contributed by atoms with Gasteiger partial charge < -0.3 is 19.4 Å². The van der Waals surface area contributed by atoms with E-state index in [1.165, 1.54) is 96.3 Å². The fourth-order valence-corrected chi connectivity index (χ4v) is 5.56. The third-order valence-electron chi connectivity index (χ3n) is 6.52. The number of nitrogens with zero attached hydrogens (tertiary/aromatic N) is 1. The fourth-order valence-electron chi connectivity index (χ4n) is 4.50. The summed E-state index contributed by atoms with van der Waals surface area (Å²) in [5.74, 6) is 0. The Kier molecular flexibility index (Phi) is 20.3. The van der Waals surface area contributed by atoms with Gasteiger partial charge in [-0.15, -0.1) is 0 Å². The van der Waals surface area contributed by atoms with E-state index in [-0.39, 0.29) is 13.0 Å². The largest absolute Gasteiger partial charge is 0.373 e. The standard InChI is InChI=1S/C29H58NO4P/c1-5-6-7-8-9-10-11-12-13-14-15-16-17-18-19-20-21-22-23-24-25-26-27-29(31,35(32,33)34)28-30(2,3)4/h14-15,23-24,31H,5-13,16-22,25-28H2,1-4H3,(H-,32,33,34)/p+1/b15-14-,24-23-. The predicted octanol–water partition coefficient (Wildman–Crippen LogP) is 8.10. The Morgan fingerprint density at radius 1 is 0.629 bits per heavy atom. The molecule has 208 valence electrons. The third kappa shape index (κ3) is 21.4. The average Bonchev–Trinajstić information content (AvgIpc) is 2.75. The molecule has 0 saturated carbocycles. The molecule has 0 bridgehead atoms. The van der Waals surface area contributed by atoms with Crippen LogP contribution in [0.15, 0.2) is 24.3 Å². The van der Waals surface area contributed by atoms with Crippen molar-refractivity contribution in [3.8, 4) is 0 Å². The molecule has 0 aromatic heterocycles. The highest BCUT2D eigenvalue weighted by atomic mass is 31.2.